The minimum absolute atomic E-state index is 0.0256. The summed E-state index contributed by atoms with van der Waals surface area (Å²) in [5.41, 5.74) is 5.84. The maximum atomic E-state index is 5.87. The van der Waals surface area contributed by atoms with Crippen LogP contribution in [0.25, 0.3) is 0 Å². The second-order valence-corrected chi connectivity index (χ2v) is 3.99. The van der Waals surface area contributed by atoms with Crippen molar-refractivity contribution < 1.29 is 0 Å². The minimum Gasteiger partial charge on any atom is -0.323 e. The van der Waals surface area contributed by atoms with Gasteiger partial charge in [-0.1, -0.05) is 0 Å². The fourth-order valence-electron chi connectivity index (χ4n) is 1.67. The Hall–Kier alpha value is -1.01. The topological polar surface area (TPSA) is 72.9 Å². The summed E-state index contributed by atoms with van der Waals surface area (Å²) in [6.07, 6.45) is 0. The summed E-state index contributed by atoms with van der Waals surface area (Å²) in [6, 6.07) is 0. The van der Waals surface area contributed by atoms with Crippen molar-refractivity contribution in [2.24, 2.45) is 12.8 Å². The molecule has 1 aliphatic heterocycles. The molecule has 1 saturated heterocycles. The molecule has 0 amide bonds. The van der Waals surface area contributed by atoms with Gasteiger partial charge in [0.25, 0.3) is 0 Å². The van der Waals surface area contributed by atoms with E-state index in [0.29, 0.717) is 0 Å². The van der Waals surface area contributed by atoms with Gasteiger partial charge in [0, 0.05) is 18.6 Å². The van der Waals surface area contributed by atoms with Crippen LogP contribution in [0.15, 0.2) is 0 Å². The predicted octanol–water partition coefficient (Wildman–Crippen LogP) is -1.26. The first-order chi connectivity index (χ1) is 6.05. The number of hydrogen-bond acceptors (Lipinski definition) is 5. The van der Waals surface area contributed by atoms with Gasteiger partial charge in [-0.2, -0.15) is 4.80 Å². The summed E-state index contributed by atoms with van der Waals surface area (Å²) in [5.74, 6) is 0.762. The fourth-order valence-corrected chi connectivity index (χ4v) is 1.67. The van der Waals surface area contributed by atoms with E-state index in [0.717, 1.165) is 25.5 Å². The third kappa shape index (κ3) is 1.84. The molecule has 2 N–H and O–H groups in total. The molecule has 1 fully saturated rings. The number of nitrogens with zero attached hydrogens (tertiary/aromatic N) is 5. The zero-order valence-electron chi connectivity index (χ0n) is 7.93. The van der Waals surface area contributed by atoms with Crippen molar-refractivity contribution in [1.82, 2.24) is 25.1 Å². The number of aromatic nitrogens is 4. The molecule has 72 valence electrons. The van der Waals surface area contributed by atoms with Crippen LogP contribution in [-0.2, 0) is 13.6 Å². The molecule has 0 atom stereocenters. The van der Waals surface area contributed by atoms with E-state index >= 15 is 0 Å². The lowest BCUT2D eigenvalue weighted by Gasteiger charge is -2.44. The number of aryl methyl sites for hydroxylation is 1. The van der Waals surface area contributed by atoms with Gasteiger partial charge in [-0.3, -0.25) is 4.90 Å². The summed E-state index contributed by atoms with van der Waals surface area (Å²) in [7, 11) is 1.76. The van der Waals surface area contributed by atoms with Gasteiger partial charge in [0.05, 0.1) is 13.6 Å². The number of likely N-dealkylation sites (tertiary alicyclic amines) is 1. The quantitative estimate of drug-likeness (QED) is 0.618. The Balaban J connectivity index is 1.87. The van der Waals surface area contributed by atoms with Gasteiger partial charge in [-0.15, -0.1) is 10.2 Å². The predicted molar refractivity (Wildman–Crippen MR) is 46.7 cm³/mol. The van der Waals surface area contributed by atoms with E-state index in [4.69, 9.17) is 5.73 Å². The van der Waals surface area contributed by atoms with Gasteiger partial charge in [-0.05, 0) is 12.1 Å². The molecule has 6 heteroatoms. The lowest BCUT2D eigenvalue weighted by Crippen LogP contribution is -2.64. The van der Waals surface area contributed by atoms with Crippen LogP contribution in [0, 0.1) is 0 Å². The highest BCUT2D eigenvalue weighted by Crippen LogP contribution is 2.18. The molecule has 0 saturated carbocycles. The normalized spacial score (nSPS) is 21.5. The molecule has 0 spiro atoms. The molecule has 2 heterocycles. The summed E-state index contributed by atoms with van der Waals surface area (Å²) >= 11 is 0. The van der Waals surface area contributed by atoms with Crippen molar-refractivity contribution in [1.29, 1.82) is 0 Å². The Bertz CT molecular complexity index is 296. The molecule has 2 rings (SSSR count). The highest BCUT2D eigenvalue weighted by Gasteiger charge is 2.35. The van der Waals surface area contributed by atoms with Gasteiger partial charge in [0.2, 0.25) is 0 Å². The third-order valence-corrected chi connectivity index (χ3v) is 2.08. The fraction of sp³-hybridized carbons (Fsp3) is 0.857. The highest BCUT2D eigenvalue weighted by molar-refractivity contribution is 4.97. The summed E-state index contributed by atoms with van der Waals surface area (Å²) in [4.78, 5) is 3.67. The van der Waals surface area contributed by atoms with Crippen molar-refractivity contribution in [3.63, 3.8) is 0 Å². The zero-order valence-corrected chi connectivity index (χ0v) is 7.93. The standard InChI is InChI=1S/C7H14N6/c1-7(8)4-13(5-7)3-6-9-11-12(2)10-6/h3-5,8H2,1-2H3. The maximum absolute atomic E-state index is 5.87. The largest absolute Gasteiger partial charge is 0.323 e. The van der Waals surface area contributed by atoms with Gasteiger partial charge in [-0.25, -0.2) is 0 Å². The van der Waals surface area contributed by atoms with Gasteiger partial charge in [0.15, 0.2) is 5.82 Å². The van der Waals surface area contributed by atoms with Crippen LogP contribution in [0.5, 0.6) is 0 Å². The van der Waals surface area contributed by atoms with Crippen molar-refractivity contribution in [3.05, 3.63) is 5.82 Å². The Labute approximate surface area is 76.7 Å². The third-order valence-electron chi connectivity index (χ3n) is 2.08. The zero-order chi connectivity index (χ0) is 9.47. The number of nitrogens with two attached hydrogens (primary N) is 1. The average molecular weight is 182 g/mol. The van der Waals surface area contributed by atoms with Gasteiger partial charge in [0.1, 0.15) is 0 Å². The number of tetrazole rings is 1. The molecule has 0 aromatic carbocycles. The van der Waals surface area contributed by atoms with Crippen LogP contribution >= 0.6 is 0 Å². The Morgan fingerprint density at radius 2 is 2.23 bits per heavy atom. The second kappa shape index (κ2) is 2.74. The lowest BCUT2D eigenvalue weighted by atomic mass is 9.94. The monoisotopic (exact) mass is 182 g/mol. The van der Waals surface area contributed by atoms with Crippen LogP contribution in [0.3, 0.4) is 0 Å². The van der Waals surface area contributed by atoms with Crippen molar-refractivity contribution in [3.8, 4) is 0 Å². The molecule has 0 aliphatic carbocycles. The molecule has 0 unspecified atom stereocenters. The second-order valence-electron chi connectivity index (χ2n) is 3.99. The van der Waals surface area contributed by atoms with Crippen LogP contribution < -0.4 is 5.73 Å². The molecule has 0 bridgehead atoms. The van der Waals surface area contributed by atoms with Crippen molar-refractivity contribution in [2.45, 2.75) is 19.0 Å². The molecule has 0 radical (unpaired) electrons. The molecule has 6 nitrogen and oxygen atoms in total. The van der Waals surface area contributed by atoms with E-state index in [1.807, 2.05) is 6.92 Å². The highest BCUT2D eigenvalue weighted by atomic mass is 15.6. The molecular weight excluding hydrogens is 168 g/mol. The minimum atomic E-state index is -0.0256. The van der Waals surface area contributed by atoms with E-state index in [1.54, 1.807) is 7.05 Å². The number of rotatable bonds is 2. The van der Waals surface area contributed by atoms with Crippen LogP contribution in [0.2, 0.25) is 0 Å². The first kappa shape index (κ1) is 8.58. The van der Waals surface area contributed by atoms with Crippen molar-refractivity contribution >= 4 is 0 Å². The molecule has 13 heavy (non-hydrogen) atoms. The summed E-state index contributed by atoms with van der Waals surface area (Å²) < 4.78 is 0. The Kier molecular flexibility index (Phi) is 1.81. The maximum Gasteiger partial charge on any atom is 0.188 e. The summed E-state index contributed by atoms with van der Waals surface area (Å²) in [6.45, 7) is 4.62. The molecule has 1 aliphatic rings. The van der Waals surface area contributed by atoms with Gasteiger partial charge >= 0.3 is 0 Å². The van der Waals surface area contributed by atoms with Crippen LogP contribution in [-0.4, -0.2) is 43.7 Å². The molecule has 1 aromatic rings. The van der Waals surface area contributed by atoms with Crippen LogP contribution in [0.4, 0.5) is 0 Å². The first-order valence-corrected chi connectivity index (χ1v) is 4.29. The van der Waals surface area contributed by atoms with Gasteiger partial charge < -0.3 is 5.73 Å². The first-order valence-electron chi connectivity index (χ1n) is 4.29. The smallest absolute Gasteiger partial charge is 0.188 e. The summed E-state index contributed by atoms with van der Waals surface area (Å²) in [5, 5.41) is 11.8. The van der Waals surface area contributed by atoms with Crippen LogP contribution in [0.1, 0.15) is 12.7 Å². The number of hydrogen-bond donors (Lipinski definition) is 1. The van der Waals surface area contributed by atoms with E-state index in [2.05, 4.69) is 20.3 Å². The van der Waals surface area contributed by atoms with E-state index < -0.39 is 0 Å². The SMILES string of the molecule is Cn1nnc(CN2CC(C)(N)C2)n1. The van der Waals surface area contributed by atoms with E-state index in [1.165, 1.54) is 4.80 Å². The lowest BCUT2D eigenvalue weighted by molar-refractivity contribution is 0.0736. The Morgan fingerprint density at radius 3 is 2.69 bits per heavy atom. The van der Waals surface area contributed by atoms with Crippen molar-refractivity contribution in [2.75, 3.05) is 13.1 Å². The molecular formula is C7H14N6. The van der Waals surface area contributed by atoms with E-state index in [9.17, 15) is 0 Å². The Morgan fingerprint density at radius 1 is 1.54 bits per heavy atom. The average Bonchev–Trinajstić information content (AvgIpc) is 2.31. The van der Waals surface area contributed by atoms with E-state index in [-0.39, 0.29) is 5.54 Å². The molecule has 1 aromatic heterocycles.